The van der Waals surface area contributed by atoms with Crippen molar-refractivity contribution in [2.24, 2.45) is 5.73 Å². The molecule has 1 aromatic carbocycles. The van der Waals surface area contributed by atoms with Gasteiger partial charge in [0, 0.05) is 6.54 Å². The first-order valence-electron chi connectivity index (χ1n) is 6.88. The van der Waals surface area contributed by atoms with Gasteiger partial charge in [-0.05, 0) is 55.5 Å². The normalized spacial score (nSPS) is 11.7. The minimum absolute atomic E-state index is 0.322. The third kappa shape index (κ3) is 6.26. The molecular weight excluding hydrogens is 292 g/mol. The van der Waals surface area contributed by atoms with Gasteiger partial charge in [-0.15, -0.1) is 0 Å². The summed E-state index contributed by atoms with van der Waals surface area (Å²) in [5.74, 6) is 1.13. The fraction of sp³-hybridized carbons (Fsp3) is 0.571. The Bertz CT molecular complexity index is 472. The third-order valence-corrected chi connectivity index (χ3v) is 5.16. The number of hydrogen-bond acceptors (Lipinski definition) is 4. The van der Waals surface area contributed by atoms with Crippen LogP contribution in [-0.2, 0) is 16.4 Å². The summed E-state index contributed by atoms with van der Waals surface area (Å²) in [7, 11) is -3.37. The Balaban J connectivity index is 2.43. The van der Waals surface area contributed by atoms with Crippen LogP contribution in [0.3, 0.4) is 0 Å². The molecule has 114 valence electrons. The SMILES string of the molecule is CSCCCCCNS(=O)(=O)c1ccc(CCN)cc1. The molecule has 0 aliphatic heterocycles. The highest BCUT2D eigenvalue weighted by Gasteiger charge is 2.12. The van der Waals surface area contributed by atoms with Crippen LogP contribution in [0.1, 0.15) is 24.8 Å². The molecule has 3 N–H and O–H groups in total. The van der Waals surface area contributed by atoms with Gasteiger partial charge >= 0.3 is 0 Å². The van der Waals surface area contributed by atoms with E-state index in [1.807, 2.05) is 23.9 Å². The summed E-state index contributed by atoms with van der Waals surface area (Å²) in [4.78, 5) is 0.322. The molecule has 0 unspecified atom stereocenters. The van der Waals surface area contributed by atoms with E-state index < -0.39 is 10.0 Å². The Morgan fingerprint density at radius 2 is 1.85 bits per heavy atom. The van der Waals surface area contributed by atoms with Crippen molar-refractivity contribution in [1.82, 2.24) is 4.72 Å². The molecule has 0 aliphatic carbocycles. The summed E-state index contributed by atoms with van der Waals surface area (Å²) in [6.45, 7) is 1.07. The lowest BCUT2D eigenvalue weighted by atomic mass is 10.2. The van der Waals surface area contributed by atoms with Crippen LogP contribution in [0.4, 0.5) is 0 Å². The molecule has 6 heteroatoms. The van der Waals surface area contributed by atoms with Crippen LogP contribution >= 0.6 is 11.8 Å². The van der Waals surface area contributed by atoms with Gasteiger partial charge < -0.3 is 5.73 Å². The van der Waals surface area contributed by atoms with Gasteiger partial charge in [0.25, 0.3) is 0 Å². The van der Waals surface area contributed by atoms with E-state index in [9.17, 15) is 8.42 Å². The van der Waals surface area contributed by atoms with Crippen LogP contribution in [0.5, 0.6) is 0 Å². The number of hydrogen-bond donors (Lipinski definition) is 2. The molecular formula is C14H24N2O2S2. The number of rotatable bonds is 10. The number of sulfonamides is 1. The van der Waals surface area contributed by atoms with Gasteiger partial charge in [-0.1, -0.05) is 18.6 Å². The molecule has 0 atom stereocenters. The predicted octanol–water partition coefficient (Wildman–Crippen LogP) is 2.00. The van der Waals surface area contributed by atoms with Crippen molar-refractivity contribution in [3.05, 3.63) is 29.8 Å². The molecule has 1 aromatic rings. The lowest BCUT2D eigenvalue weighted by Crippen LogP contribution is -2.24. The summed E-state index contributed by atoms with van der Waals surface area (Å²) in [5.41, 5.74) is 6.53. The molecule has 0 amide bonds. The monoisotopic (exact) mass is 316 g/mol. The van der Waals surface area contributed by atoms with Gasteiger partial charge in [0.1, 0.15) is 0 Å². The minimum Gasteiger partial charge on any atom is -0.330 e. The van der Waals surface area contributed by atoms with Gasteiger partial charge in [-0.2, -0.15) is 11.8 Å². The zero-order valence-electron chi connectivity index (χ0n) is 12.0. The molecule has 1 rings (SSSR count). The largest absolute Gasteiger partial charge is 0.330 e. The molecule has 0 heterocycles. The molecule has 0 spiro atoms. The summed E-state index contributed by atoms with van der Waals surface area (Å²) < 4.78 is 26.7. The second kappa shape index (κ2) is 9.39. The molecule has 0 aliphatic rings. The molecule has 0 radical (unpaired) electrons. The molecule has 20 heavy (non-hydrogen) atoms. The first kappa shape index (κ1) is 17.5. The number of benzene rings is 1. The Hall–Kier alpha value is -0.560. The minimum atomic E-state index is -3.37. The van der Waals surface area contributed by atoms with Gasteiger partial charge in [0.2, 0.25) is 10.0 Å². The van der Waals surface area contributed by atoms with Crippen molar-refractivity contribution in [2.45, 2.75) is 30.6 Å². The Morgan fingerprint density at radius 3 is 2.45 bits per heavy atom. The first-order valence-corrected chi connectivity index (χ1v) is 9.75. The van der Waals surface area contributed by atoms with Gasteiger partial charge in [0.15, 0.2) is 0 Å². The average Bonchev–Trinajstić information content (AvgIpc) is 2.44. The first-order chi connectivity index (χ1) is 9.60. The van der Waals surface area contributed by atoms with E-state index in [1.54, 1.807) is 12.1 Å². The average molecular weight is 316 g/mol. The van der Waals surface area contributed by atoms with E-state index in [0.717, 1.165) is 37.0 Å². The Labute approximate surface area is 126 Å². The Morgan fingerprint density at radius 1 is 1.15 bits per heavy atom. The maximum atomic E-state index is 12.1. The second-order valence-corrected chi connectivity index (χ2v) is 7.39. The summed E-state index contributed by atoms with van der Waals surface area (Å²) in [6.07, 6.45) is 5.92. The van der Waals surface area contributed by atoms with Crippen molar-refractivity contribution in [3.63, 3.8) is 0 Å². The van der Waals surface area contributed by atoms with Crippen LogP contribution in [0.15, 0.2) is 29.2 Å². The standard InChI is InChI=1S/C14H24N2O2S2/c1-19-12-4-2-3-11-16-20(17,18)14-7-5-13(6-8-14)9-10-15/h5-8,16H,2-4,9-12,15H2,1H3. The smallest absolute Gasteiger partial charge is 0.240 e. The summed E-state index contributed by atoms with van der Waals surface area (Å²) >= 11 is 1.82. The summed E-state index contributed by atoms with van der Waals surface area (Å²) in [6, 6.07) is 6.92. The zero-order valence-corrected chi connectivity index (χ0v) is 13.6. The quantitative estimate of drug-likeness (QED) is 0.648. The lowest BCUT2D eigenvalue weighted by Gasteiger charge is -2.07. The third-order valence-electron chi connectivity index (χ3n) is 2.98. The summed E-state index contributed by atoms with van der Waals surface area (Å²) in [5, 5.41) is 0. The maximum absolute atomic E-state index is 12.1. The fourth-order valence-electron chi connectivity index (χ4n) is 1.84. The van der Waals surface area contributed by atoms with Crippen LogP contribution in [0, 0.1) is 0 Å². The van der Waals surface area contributed by atoms with Crippen LogP contribution in [0.25, 0.3) is 0 Å². The fourth-order valence-corrected chi connectivity index (χ4v) is 3.41. The number of thioether (sulfide) groups is 1. The molecule has 0 aromatic heterocycles. The van der Waals surface area contributed by atoms with E-state index in [-0.39, 0.29) is 0 Å². The molecule has 0 bridgehead atoms. The Kier molecular flexibility index (Phi) is 8.21. The van der Waals surface area contributed by atoms with Crippen molar-refractivity contribution in [2.75, 3.05) is 25.1 Å². The highest BCUT2D eigenvalue weighted by atomic mass is 32.2. The number of unbranched alkanes of at least 4 members (excludes halogenated alkanes) is 2. The van der Waals surface area contributed by atoms with Gasteiger partial charge in [-0.25, -0.2) is 13.1 Å². The zero-order chi connectivity index (χ0) is 14.8. The van der Waals surface area contributed by atoms with Gasteiger partial charge in [-0.3, -0.25) is 0 Å². The lowest BCUT2D eigenvalue weighted by molar-refractivity contribution is 0.576. The molecule has 0 saturated heterocycles. The maximum Gasteiger partial charge on any atom is 0.240 e. The van der Waals surface area contributed by atoms with Crippen LogP contribution in [-0.4, -0.2) is 33.5 Å². The van der Waals surface area contributed by atoms with Gasteiger partial charge in [0.05, 0.1) is 4.90 Å². The van der Waals surface area contributed by atoms with Crippen molar-refractivity contribution in [1.29, 1.82) is 0 Å². The number of nitrogens with one attached hydrogen (secondary N) is 1. The van der Waals surface area contributed by atoms with E-state index in [1.165, 1.54) is 0 Å². The van der Waals surface area contributed by atoms with Crippen LogP contribution in [0.2, 0.25) is 0 Å². The van der Waals surface area contributed by atoms with Crippen LogP contribution < -0.4 is 10.5 Å². The predicted molar refractivity (Wildman–Crippen MR) is 86.6 cm³/mol. The van der Waals surface area contributed by atoms with E-state index in [0.29, 0.717) is 18.0 Å². The highest BCUT2D eigenvalue weighted by Crippen LogP contribution is 2.11. The van der Waals surface area contributed by atoms with Crippen molar-refractivity contribution < 1.29 is 8.42 Å². The van der Waals surface area contributed by atoms with E-state index >= 15 is 0 Å². The van der Waals surface area contributed by atoms with E-state index in [2.05, 4.69) is 11.0 Å². The van der Waals surface area contributed by atoms with Crippen molar-refractivity contribution >= 4 is 21.8 Å². The molecule has 4 nitrogen and oxygen atoms in total. The topological polar surface area (TPSA) is 72.2 Å². The molecule has 0 saturated carbocycles. The van der Waals surface area contributed by atoms with Crippen molar-refractivity contribution in [3.8, 4) is 0 Å². The molecule has 0 fully saturated rings. The number of nitrogens with two attached hydrogens (primary N) is 1. The van der Waals surface area contributed by atoms with E-state index in [4.69, 9.17) is 5.73 Å². The second-order valence-electron chi connectivity index (χ2n) is 4.63. The highest BCUT2D eigenvalue weighted by molar-refractivity contribution is 7.98.